The second-order valence-corrected chi connectivity index (χ2v) is 8.88. The number of phenolic OH excluding ortho intramolecular Hbond substituents is 1. The van der Waals surface area contributed by atoms with E-state index in [2.05, 4.69) is 18.0 Å². The summed E-state index contributed by atoms with van der Waals surface area (Å²) >= 11 is 0. The number of carboxylic acid groups (broad SMARTS) is 1. The van der Waals surface area contributed by atoms with Crippen molar-refractivity contribution in [2.45, 2.75) is 77.6 Å². The molecule has 1 aliphatic heterocycles. The number of aromatic hydroxyl groups is 1. The predicted molar refractivity (Wildman–Crippen MR) is 134 cm³/mol. The smallest absolute Gasteiger partial charge is 0.331 e. The van der Waals surface area contributed by atoms with Crippen molar-refractivity contribution in [2.75, 3.05) is 13.2 Å². The zero-order valence-corrected chi connectivity index (χ0v) is 20.2. The van der Waals surface area contributed by atoms with Crippen LogP contribution in [0.25, 0.3) is 6.08 Å². The van der Waals surface area contributed by atoms with Crippen LogP contribution in [0.1, 0.15) is 81.4 Å². The monoisotopic (exact) mass is 467 g/mol. The van der Waals surface area contributed by atoms with E-state index in [1.54, 1.807) is 18.3 Å². The van der Waals surface area contributed by atoms with Gasteiger partial charge < -0.3 is 19.7 Å². The number of aryl methyl sites for hydroxylation is 1. The molecule has 6 heteroatoms. The Hall–Kier alpha value is -3.02. The van der Waals surface area contributed by atoms with E-state index >= 15 is 0 Å². The number of carboxylic acids is 1. The van der Waals surface area contributed by atoms with E-state index in [0.29, 0.717) is 48.7 Å². The lowest BCUT2D eigenvalue weighted by atomic mass is 9.99. The van der Waals surface area contributed by atoms with Gasteiger partial charge in [0.15, 0.2) is 11.5 Å². The molecule has 0 saturated heterocycles. The average Bonchev–Trinajstić information content (AvgIpc) is 3.30. The number of carbonyl (C=O) groups is 1. The van der Waals surface area contributed by atoms with Crippen molar-refractivity contribution in [3.05, 3.63) is 52.9 Å². The van der Waals surface area contributed by atoms with Crippen LogP contribution < -0.4 is 9.47 Å². The minimum absolute atomic E-state index is 0.0465. The molecule has 0 spiro atoms. The number of phenols is 1. The summed E-state index contributed by atoms with van der Waals surface area (Å²) in [5.74, 6) is 0.0544. The van der Waals surface area contributed by atoms with Gasteiger partial charge in [-0.05, 0) is 55.9 Å². The summed E-state index contributed by atoms with van der Waals surface area (Å²) in [7, 11) is 0. The number of hydrogen-bond donors (Lipinski definition) is 2. The molecule has 0 amide bonds. The number of ether oxygens (including phenoxy) is 2. The SMILES string of the molecule is CCCCCCCOc1c(O)cc2c(c1/C=C(\CCCCCc1cccnc1)C(=O)O)OCC2. The normalized spacial score (nSPS) is 12.9. The van der Waals surface area contributed by atoms with Gasteiger partial charge in [-0.3, -0.25) is 4.98 Å². The van der Waals surface area contributed by atoms with Crippen molar-refractivity contribution in [1.82, 2.24) is 4.98 Å². The highest BCUT2D eigenvalue weighted by atomic mass is 16.5. The molecule has 3 rings (SSSR count). The topological polar surface area (TPSA) is 88.9 Å². The summed E-state index contributed by atoms with van der Waals surface area (Å²) in [6.45, 7) is 3.18. The summed E-state index contributed by atoms with van der Waals surface area (Å²) in [5, 5.41) is 20.5. The van der Waals surface area contributed by atoms with E-state index in [0.717, 1.165) is 50.5 Å². The number of rotatable bonds is 15. The molecule has 1 aliphatic rings. The van der Waals surface area contributed by atoms with Crippen LogP contribution in [0.2, 0.25) is 0 Å². The van der Waals surface area contributed by atoms with Crippen LogP contribution in [0.15, 0.2) is 36.2 Å². The lowest BCUT2D eigenvalue weighted by Gasteiger charge is -2.15. The Bertz CT molecular complexity index is 955. The molecule has 2 aromatic rings. The molecular formula is C28H37NO5. The van der Waals surface area contributed by atoms with E-state index < -0.39 is 5.97 Å². The standard InChI is InChI=1S/C28H37NO5/c1-2-3-4-5-9-16-33-27-24(26-22(14-17-34-26)19-25(27)30)18-23(28(31)32)13-8-6-7-11-21-12-10-15-29-20-21/h10,12,15,18-20,30H,2-9,11,13-14,16-17H2,1H3,(H,31,32)/b23-18+. The Labute approximate surface area is 202 Å². The van der Waals surface area contributed by atoms with Gasteiger partial charge in [-0.25, -0.2) is 4.79 Å². The molecule has 34 heavy (non-hydrogen) atoms. The molecule has 1 aromatic carbocycles. The molecule has 0 radical (unpaired) electrons. The first-order chi connectivity index (χ1) is 16.6. The van der Waals surface area contributed by atoms with Gasteiger partial charge in [0.2, 0.25) is 0 Å². The first-order valence-corrected chi connectivity index (χ1v) is 12.6. The van der Waals surface area contributed by atoms with E-state index in [4.69, 9.17) is 9.47 Å². The van der Waals surface area contributed by atoms with Crippen LogP contribution in [0.4, 0.5) is 0 Å². The van der Waals surface area contributed by atoms with Gasteiger partial charge in [0.25, 0.3) is 0 Å². The van der Waals surface area contributed by atoms with Crippen molar-refractivity contribution in [3.63, 3.8) is 0 Å². The summed E-state index contributed by atoms with van der Waals surface area (Å²) in [6.07, 6.45) is 15.5. The number of pyridine rings is 1. The van der Waals surface area contributed by atoms with Crippen LogP contribution in [0.3, 0.4) is 0 Å². The third kappa shape index (κ3) is 7.51. The van der Waals surface area contributed by atoms with Crippen LogP contribution in [-0.4, -0.2) is 34.4 Å². The Balaban J connectivity index is 1.67. The Kier molecular flexibility index (Phi) is 10.3. The third-order valence-electron chi connectivity index (χ3n) is 6.16. The highest BCUT2D eigenvalue weighted by molar-refractivity contribution is 5.93. The number of aliphatic carboxylic acids is 1. The van der Waals surface area contributed by atoms with E-state index in [-0.39, 0.29) is 5.75 Å². The van der Waals surface area contributed by atoms with Crippen LogP contribution in [0, 0.1) is 0 Å². The molecule has 2 N–H and O–H groups in total. The van der Waals surface area contributed by atoms with Crippen LogP contribution in [-0.2, 0) is 17.6 Å². The van der Waals surface area contributed by atoms with E-state index in [1.807, 2.05) is 12.3 Å². The van der Waals surface area contributed by atoms with Gasteiger partial charge in [-0.2, -0.15) is 0 Å². The maximum absolute atomic E-state index is 12.0. The molecule has 184 valence electrons. The molecule has 6 nitrogen and oxygen atoms in total. The van der Waals surface area contributed by atoms with Gasteiger partial charge >= 0.3 is 5.97 Å². The minimum Gasteiger partial charge on any atom is -0.504 e. The largest absolute Gasteiger partial charge is 0.504 e. The van der Waals surface area contributed by atoms with E-state index in [1.165, 1.54) is 18.4 Å². The van der Waals surface area contributed by atoms with Crippen molar-refractivity contribution >= 4 is 12.0 Å². The maximum atomic E-state index is 12.0. The van der Waals surface area contributed by atoms with Gasteiger partial charge in [0.05, 0.1) is 18.8 Å². The number of nitrogens with zero attached hydrogens (tertiary/aromatic N) is 1. The van der Waals surface area contributed by atoms with Gasteiger partial charge in [0, 0.05) is 30.0 Å². The molecule has 0 aliphatic carbocycles. The quantitative estimate of drug-likeness (QED) is 0.235. The first-order valence-electron chi connectivity index (χ1n) is 12.6. The fourth-order valence-corrected chi connectivity index (χ4v) is 4.27. The number of fused-ring (bicyclic) bond motifs is 1. The number of aromatic nitrogens is 1. The molecular weight excluding hydrogens is 430 g/mol. The van der Waals surface area contributed by atoms with Crippen molar-refractivity contribution in [3.8, 4) is 17.2 Å². The zero-order valence-electron chi connectivity index (χ0n) is 20.2. The van der Waals surface area contributed by atoms with Crippen LogP contribution in [0.5, 0.6) is 17.2 Å². The predicted octanol–water partition coefficient (Wildman–Crippen LogP) is 6.34. The Morgan fingerprint density at radius 3 is 2.76 bits per heavy atom. The number of unbranched alkanes of at least 4 members (excludes halogenated alkanes) is 6. The Morgan fingerprint density at radius 1 is 1.18 bits per heavy atom. The second kappa shape index (κ2) is 13.6. The third-order valence-corrected chi connectivity index (χ3v) is 6.16. The second-order valence-electron chi connectivity index (χ2n) is 8.88. The van der Waals surface area contributed by atoms with Crippen molar-refractivity contribution in [2.24, 2.45) is 0 Å². The minimum atomic E-state index is -0.951. The highest BCUT2D eigenvalue weighted by Gasteiger charge is 2.24. The van der Waals surface area contributed by atoms with E-state index in [9.17, 15) is 15.0 Å². The van der Waals surface area contributed by atoms with Gasteiger partial charge in [0.1, 0.15) is 5.75 Å². The van der Waals surface area contributed by atoms with Crippen molar-refractivity contribution in [1.29, 1.82) is 0 Å². The lowest BCUT2D eigenvalue weighted by molar-refractivity contribution is -0.132. The van der Waals surface area contributed by atoms with Gasteiger partial charge in [-0.15, -0.1) is 0 Å². The molecule has 2 heterocycles. The molecule has 1 aromatic heterocycles. The molecule has 0 bridgehead atoms. The summed E-state index contributed by atoms with van der Waals surface area (Å²) < 4.78 is 11.8. The average molecular weight is 468 g/mol. The zero-order chi connectivity index (χ0) is 24.2. The molecule has 0 atom stereocenters. The van der Waals surface area contributed by atoms with Crippen molar-refractivity contribution < 1.29 is 24.5 Å². The summed E-state index contributed by atoms with van der Waals surface area (Å²) in [6, 6.07) is 5.68. The fourth-order valence-electron chi connectivity index (χ4n) is 4.27. The molecule has 0 saturated carbocycles. The fraction of sp³-hybridized carbons (Fsp3) is 0.500. The summed E-state index contributed by atoms with van der Waals surface area (Å²) in [5.41, 5.74) is 2.94. The highest BCUT2D eigenvalue weighted by Crippen LogP contribution is 2.44. The number of benzene rings is 1. The maximum Gasteiger partial charge on any atom is 0.331 e. The van der Waals surface area contributed by atoms with Gasteiger partial charge in [-0.1, -0.05) is 45.1 Å². The Morgan fingerprint density at radius 2 is 2.00 bits per heavy atom. The summed E-state index contributed by atoms with van der Waals surface area (Å²) in [4.78, 5) is 16.2. The number of hydrogen-bond acceptors (Lipinski definition) is 5. The molecule has 0 unspecified atom stereocenters. The molecule has 0 fully saturated rings. The lowest BCUT2D eigenvalue weighted by Crippen LogP contribution is -2.04. The van der Waals surface area contributed by atoms with Crippen LogP contribution >= 0.6 is 0 Å². The first kappa shape index (κ1) is 25.6.